The van der Waals surface area contributed by atoms with Crippen molar-refractivity contribution in [3.05, 3.63) is 59.2 Å². The molecule has 0 aliphatic rings. The molecule has 2 rings (SSSR count). The number of aryl methyl sites for hydroxylation is 2. The lowest BCUT2D eigenvalue weighted by atomic mass is 10.1. The molecule has 5 heteroatoms. The van der Waals surface area contributed by atoms with Gasteiger partial charge >= 0.3 is 0 Å². The fraction of sp³-hybridized carbons (Fsp3) is 0.222. The van der Waals surface area contributed by atoms with Crippen molar-refractivity contribution in [2.75, 3.05) is 13.7 Å². The Hall–Kier alpha value is -2.82. The Balaban J connectivity index is 1.84. The minimum Gasteiger partial charge on any atom is -0.496 e. The van der Waals surface area contributed by atoms with Crippen LogP contribution in [0, 0.1) is 13.8 Å². The van der Waals surface area contributed by atoms with Crippen molar-refractivity contribution in [2.45, 2.75) is 13.8 Å². The zero-order valence-corrected chi connectivity index (χ0v) is 13.5. The third kappa shape index (κ3) is 4.85. The SMILES string of the molecule is COc1ccc(C=NNC(=O)COc2ccccc2C)cc1C. The zero-order valence-electron chi connectivity index (χ0n) is 13.5. The predicted molar refractivity (Wildman–Crippen MR) is 90.1 cm³/mol. The van der Waals surface area contributed by atoms with E-state index < -0.39 is 0 Å². The Morgan fingerprint density at radius 1 is 1.13 bits per heavy atom. The molecule has 0 atom stereocenters. The van der Waals surface area contributed by atoms with Crippen LogP contribution in [0.1, 0.15) is 16.7 Å². The van der Waals surface area contributed by atoms with Gasteiger partial charge in [-0.15, -0.1) is 0 Å². The maximum Gasteiger partial charge on any atom is 0.277 e. The number of amides is 1. The number of hydrazone groups is 1. The van der Waals surface area contributed by atoms with Crippen molar-refractivity contribution in [3.63, 3.8) is 0 Å². The fourth-order valence-electron chi connectivity index (χ4n) is 2.05. The summed E-state index contributed by atoms with van der Waals surface area (Å²) in [5.41, 5.74) is 5.31. The molecule has 1 amide bonds. The molecule has 0 fully saturated rings. The van der Waals surface area contributed by atoms with E-state index in [1.807, 2.05) is 56.3 Å². The molecule has 2 aromatic carbocycles. The molecule has 2 aromatic rings. The number of nitrogens with zero attached hydrogens (tertiary/aromatic N) is 1. The summed E-state index contributed by atoms with van der Waals surface area (Å²) in [4.78, 5) is 11.7. The van der Waals surface area contributed by atoms with E-state index >= 15 is 0 Å². The largest absolute Gasteiger partial charge is 0.496 e. The molecule has 0 bridgehead atoms. The molecule has 0 aliphatic carbocycles. The average molecular weight is 312 g/mol. The van der Waals surface area contributed by atoms with Gasteiger partial charge in [0, 0.05) is 0 Å². The lowest BCUT2D eigenvalue weighted by Crippen LogP contribution is -2.24. The number of ether oxygens (including phenoxy) is 2. The van der Waals surface area contributed by atoms with Crippen LogP contribution in [-0.4, -0.2) is 25.8 Å². The number of hydrogen-bond donors (Lipinski definition) is 1. The summed E-state index contributed by atoms with van der Waals surface area (Å²) in [5.74, 6) is 1.20. The molecular weight excluding hydrogens is 292 g/mol. The molecule has 0 unspecified atom stereocenters. The third-order valence-electron chi connectivity index (χ3n) is 3.27. The van der Waals surface area contributed by atoms with E-state index in [1.165, 1.54) is 0 Å². The Morgan fingerprint density at radius 2 is 1.91 bits per heavy atom. The van der Waals surface area contributed by atoms with Crippen molar-refractivity contribution < 1.29 is 14.3 Å². The highest BCUT2D eigenvalue weighted by Gasteiger charge is 2.03. The standard InChI is InChI=1S/C18H20N2O3/c1-13-6-4-5-7-17(13)23-12-18(21)20-19-11-15-8-9-16(22-3)14(2)10-15/h4-11H,12H2,1-3H3,(H,20,21). The first-order valence-corrected chi connectivity index (χ1v) is 7.25. The van der Waals surface area contributed by atoms with E-state index in [0.29, 0.717) is 5.75 Å². The number of rotatable bonds is 6. The van der Waals surface area contributed by atoms with Gasteiger partial charge in [-0.1, -0.05) is 18.2 Å². The molecule has 0 aliphatic heterocycles. The number of nitrogens with one attached hydrogen (secondary N) is 1. The number of methoxy groups -OCH3 is 1. The predicted octanol–water partition coefficient (Wildman–Crippen LogP) is 2.84. The van der Waals surface area contributed by atoms with Gasteiger partial charge in [-0.2, -0.15) is 5.10 Å². The molecule has 0 radical (unpaired) electrons. The molecule has 23 heavy (non-hydrogen) atoms. The van der Waals surface area contributed by atoms with Gasteiger partial charge in [0.2, 0.25) is 0 Å². The molecule has 0 spiro atoms. The summed E-state index contributed by atoms with van der Waals surface area (Å²) < 4.78 is 10.6. The average Bonchev–Trinajstić information content (AvgIpc) is 2.54. The topological polar surface area (TPSA) is 59.9 Å². The normalized spacial score (nSPS) is 10.6. The van der Waals surface area contributed by atoms with E-state index in [0.717, 1.165) is 22.4 Å². The number of benzene rings is 2. The molecule has 0 saturated carbocycles. The van der Waals surface area contributed by atoms with Crippen LogP contribution >= 0.6 is 0 Å². The maximum absolute atomic E-state index is 11.7. The first kappa shape index (κ1) is 16.5. The number of carbonyl (C=O) groups excluding carboxylic acids is 1. The van der Waals surface area contributed by atoms with Crippen molar-refractivity contribution in [1.82, 2.24) is 5.43 Å². The summed E-state index contributed by atoms with van der Waals surface area (Å²) in [6.07, 6.45) is 1.58. The molecule has 120 valence electrons. The lowest BCUT2D eigenvalue weighted by molar-refractivity contribution is -0.123. The van der Waals surface area contributed by atoms with Crippen LogP contribution in [0.25, 0.3) is 0 Å². The summed E-state index contributed by atoms with van der Waals surface area (Å²) in [5, 5.41) is 3.93. The Morgan fingerprint density at radius 3 is 2.61 bits per heavy atom. The minimum absolute atomic E-state index is 0.0795. The van der Waals surface area contributed by atoms with Gasteiger partial charge in [-0.3, -0.25) is 4.79 Å². The smallest absolute Gasteiger partial charge is 0.277 e. The van der Waals surface area contributed by atoms with Gasteiger partial charge in [0.15, 0.2) is 6.61 Å². The zero-order chi connectivity index (χ0) is 16.7. The van der Waals surface area contributed by atoms with Gasteiger partial charge in [-0.05, 0) is 54.8 Å². The lowest BCUT2D eigenvalue weighted by Gasteiger charge is -2.07. The van der Waals surface area contributed by atoms with E-state index in [9.17, 15) is 4.79 Å². The summed E-state index contributed by atoms with van der Waals surface area (Å²) in [7, 11) is 1.63. The van der Waals surface area contributed by atoms with Crippen LogP contribution in [0.15, 0.2) is 47.6 Å². The van der Waals surface area contributed by atoms with Gasteiger partial charge in [0.25, 0.3) is 5.91 Å². The highest BCUT2D eigenvalue weighted by Crippen LogP contribution is 2.17. The summed E-state index contributed by atoms with van der Waals surface area (Å²) >= 11 is 0. The first-order chi connectivity index (χ1) is 11.1. The summed E-state index contributed by atoms with van der Waals surface area (Å²) in [6, 6.07) is 13.2. The van der Waals surface area contributed by atoms with Crippen molar-refractivity contribution >= 4 is 12.1 Å². The van der Waals surface area contributed by atoms with E-state index in [1.54, 1.807) is 13.3 Å². The van der Waals surface area contributed by atoms with Crippen LogP contribution in [0.5, 0.6) is 11.5 Å². The van der Waals surface area contributed by atoms with Crippen LogP contribution in [-0.2, 0) is 4.79 Å². The van der Waals surface area contributed by atoms with E-state index in [4.69, 9.17) is 9.47 Å². The Bertz CT molecular complexity index is 711. The highest BCUT2D eigenvalue weighted by molar-refractivity contribution is 5.83. The maximum atomic E-state index is 11.7. The summed E-state index contributed by atoms with van der Waals surface area (Å²) in [6.45, 7) is 3.80. The number of carbonyl (C=O) groups is 1. The van der Waals surface area contributed by atoms with E-state index in [-0.39, 0.29) is 12.5 Å². The van der Waals surface area contributed by atoms with Gasteiger partial charge < -0.3 is 9.47 Å². The minimum atomic E-state index is -0.310. The molecule has 0 saturated heterocycles. The second kappa shape index (κ2) is 7.98. The second-order valence-corrected chi connectivity index (χ2v) is 5.08. The molecule has 0 heterocycles. The number of para-hydroxylation sites is 1. The fourth-order valence-corrected chi connectivity index (χ4v) is 2.05. The van der Waals surface area contributed by atoms with Crippen molar-refractivity contribution in [1.29, 1.82) is 0 Å². The highest BCUT2D eigenvalue weighted by atomic mass is 16.5. The molecule has 1 N–H and O–H groups in total. The Labute approximate surface area is 135 Å². The van der Waals surface area contributed by atoms with Crippen LogP contribution in [0.4, 0.5) is 0 Å². The quantitative estimate of drug-likeness (QED) is 0.659. The first-order valence-electron chi connectivity index (χ1n) is 7.25. The van der Waals surface area contributed by atoms with Gasteiger partial charge in [0.05, 0.1) is 13.3 Å². The van der Waals surface area contributed by atoms with Crippen molar-refractivity contribution in [2.24, 2.45) is 5.10 Å². The second-order valence-electron chi connectivity index (χ2n) is 5.08. The number of hydrogen-bond acceptors (Lipinski definition) is 4. The van der Waals surface area contributed by atoms with Crippen LogP contribution < -0.4 is 14.9 Å². The Kier molecular flexibility index (Phi) is 5.74. The molecule has 5 nitrogen and oxygen atoms in total. The van der Waals surface area contributed by atoms with Crippen molar-refractivity contribution in [3.8, 4) is 11.5 Å². The molecule has 0 aromatic heterocycles. The molecular formula is C18H20N2O3. The van der Waals surface area contributed by atoms with Crippen LogP contribution in [0.3, 0.4) is 0 Å². The van der Waals surface area contributed by atoms with E-state index in [2.05, 4.69) is 10.5 Å². The van der Waals surface area contributed by atoms with Gasteiger partial charge in [0.1, 0.15) is 11.5 Å². The van der Waals surface area contributed by atoms with Gasteiger partial charge in [-0.25, -0.2) is 5.43 Å². The van der Waals surface area contributed by atoms with Crippen LogP contribution in [0.2, 0.25) is 0 Å². The monoisotopic (exact) mass is 312 g/mol. The third-order valence-corrected chi connectivity index (χ3v) is 3.27.